The lowest BCUT2D eigenvalue weighted by Gasteiger charge is -2.25. The third-order valence-electron chi connectivity index (χ3n) is 5.88. The van der Waals surface area contributed by atoms with Crippen LogP contribution in [-0.2, 0) is 25.8 Å². The summed E-state index contributed by atoms with van der Waals surface area (Å²) in [5.74, 6) is 0.0390. The molecule has 9 nitrogen and oxygen atoms in total. The fraction of sp³-hybridized carbons (Fsp3) is 0.423. The van der Waals surface area contributed by atoms with Crippen LogP contribution in [0.25, 0.3) is 0 Å². The van der Waals surface area contributed by atoms with Gasteiger partial charge < -0.3 is 19.7 Å². The number of sulfone groups is 1. The smallest absolute Gasteiger partial charge is 0.408 e. The standard InChI is InChI=1S/C26H31N3O6S2/c1-26(2,3)35-25(31)27-20(13-17-9-6-5-7-10-17)23(30)28-24-29(18-11-8-12-19(14-18)34-4)21-15-37(32,33)16-22(21)36-24/h5-12,14,20-22H,13,15-16H2,1-4H3,(H,27,31)/t20-,21-,22-/m0/s1. The highest BCUT2D eigenvalue weighted by Crippen LogP contribution is 2.41. The number of carbonyl (C=O) groups is 2. The third-order valence-corrected chi connectivity index (χ3v) is 9.09. The van der Waals surface area contributed by atoms with Crippen LogP contribution in [0.3, 0.4) is 0 Å². The Hall–Kier alpha value is -3.05. The molecule has 2 saturated heterocycles. The molecule has 1 N–H and O–H groups in total. The maximum absolute atomic E-state index is 13.5. The summed E-state index contributed by atoms with van der Waals surface area (Å²) >= 11 is 1.27. The lowest BCUT2D eigenvalue weighted by Crippen LogP contribution is -2.45. The topological polar surface area (TPSA) is 114 Å². The van der Waals surface area contributed by atoms with Crippen LogP contribution in [0.1, 0.15) is 26.3 Å². The molecule has 0 bridgehead atoms. The number of fused-ring (bicyclic) bond motifs is 1. The van der Waals surface area contributed by atoms with Gasteiger partial charge in [0.1, 0.15) is 17.4 Å². The summed E-state index contributed by atoms with van der Waals surface area (Å²) in [6, 6.07) is 15.2. The van der Waals surface area contributed by atoms with Crippen LogP contribution in [0.4, 0.5) is 10.5 Å². The van der Waals surface area contributed by atoms with Crippen LogP contribution in [0.15, 0.2) is 59.6 Å². The van der Waals surface area contributed by atoms with E-state index in [1.165, 1.54) is 11.8 Å². The molecule has 37 heavy (non-hydrogen) atoms. The van der Waals surface area contributed by atoms with E-state index in [0.29, 0.717) is 16.6 Å². The van der Waals surface area contributed by atoms with Gasteiger partial charge in [-0.3, -0.25) is 4.79 Å². The van der Waals surface area contributed by atoms with Crippen molar-refractivity contribution in [2.24, 2.45) is 4.99 Å². The van der Waals surface area contributed by atoms with Gasteiger partial charge in [0.15, 0.2) is 15.0 Å². The average molecular weight is 546 g/mol. The van der Waals surface area contributed by atoms with Crippen LogP contribution in [-0.4, -0.2) is 67.1 Å². The molecule has 2 amide bonds. The third kappa shape index (κ3) is 6.84. The number of nitrogens with zero attached hydrogens (tertiary/aromatic N) is 2. The Morgan fingerprint density at radius 3 is 2.54 bits per heavy atom. The van der Waals surface area contributed by atoms with Gasteiger partial charge in [-0.05, 0) is 38.5 Å². The van der Waals surface area contributed by atoms with Crippen molar-refractivity contribution in [1.29, 1.82) is 0 Å². The second-order valence-electron chi connectivity index (χ2n) is 9.99. The zero-order valence-corrected chi connectivity index (χ0v) is 22.8. The number of alkyl carbamates (subject to hydrolysis) is 1. The van der Waals surface area contributed by atoms with Gasteiger partial charge in [-0.25, -0.2) is 13.2 Å². The van der Waals surface area contributed by atoms with Crippen molar-refractivity contribution in [1.82, 2.24) is 5.32 Å². The van der Waals surface area contributed by atoms with E-state index in [2.05, 4.69) is 10.3 Å². The van der Waals surface area contributed by atoms with Crippen molar-refractivity contribution in [3.05, 3.63) is 60.2 Å². The van der Waals surface area contributed by atoms with Crippen LogP contribution in [0, 0.1) is 0 Å². The number of methoxy groups -OCH3 is 1. The first-order valence-corrected chi connectivity index (χ1v) is 14.6. The minimum absolute atomic E-state index is 0.0135. The highest BCUT2D eigenvalue weighted by molar-refractivity contribution is 8.16. The number of nitrogens with one attached hydrogen (secondary N) is 1. The molecule has 2 fully saturated rings. The molecular weight excluding hydrogens is 514 g/mol. The quantitative estimate of drug-likeness (QED) is 0.587. The second-order valence-corrected chi connectivity index (χ2v) is 13.4. The van der Waals surface area contributed by atoms with Gasteiger partial charge in [0.25, 0.3) is 5.91 Å². The van der Waals surface area contributed by atoms with Gasteiger partial charge in [-0.1, -0.05) is 48.2 Å². The number of hydrogen-bond donors (Lipinski definition) is 1. The van der Waals surface area contributed by atoms with E-state index in [-0.39, 0.29) is 29.2 Å². The Morgan fingerprint density at radius 1 is 1.14 bits per heavy atom. The number of aliphatic imine (C=N–C) groups is 1. The zero-order chi connectivity index (χ0) is 26.8. The van der Waals surface area contributed by atoms with Crippen molar-refractivity contribution >= 4 is 44.5 Å². The van der Waals surface area contributed by atoms with Crippen LogP contribution >= 0.6 is 11.8 Å². The first-order valence-electron chi connectivity index (χ1n) is 11.9. The van der Waals surface area contributed by atoms with Crippen LogP contribution in [0.2, 0.25) is 0 Å². The SMILES string of the molecule is COc1cccc(N2C(=NC(=O)[C@H](Cc3ccccc3)NC(=O)OC(C)(C)C)S[C@H]3CS(=O)(=O)C[C@@H]32)c1. The maximum Gasteiger partial charge on any atom is 0.408 e. The Bertz CT molecular complexity index is 1290. The number of ether oxygens (including phenoxy) is 2. The van der Waals surface area contributed by atoms with E-state index in [0.717, 1.165) is 5.56 Å². The molecule has 0 spiro atoms. The highest BCUT2D eigenvalue weighted by Gasteiger charge is 2.49. The molecule has 11 heteroatoms. The average Bonchev–Trinajstić information content (AvgIpc) is 3.28. The van der Waals surface area contributed by atoms with E-state index in [4.69, 9.17) is 9.47 Å². The van der Waals surface area contributed by atoms with Gasteiger partial charge in [-0.2, -0.15) is 4.99 Å². The first kappa shape index (κ1) is 27.0. The molecule has 2 aromatic carbocycles. The molecule has 0 aromatic heterocycles. The van der Waals surface area contributed by atoms with Crippen molar-refractivity contribution in [3.8, 4) is 5.75 Å². The molecule has 2 heterocycles. The Kier molecular flexibility index (Phi) is 7.84. The molecule has 2 aliphatic heterocycles. The number of hydrogen-bond acceptors (Lipinski definition) is 7. The maximum atomic E-state index is 13.5. The summed E-state index contributed by atoms with van der Waals surface area (Å²) in [5, 5.41) is 2.81. The molecule has 198 valence electrons. The lowest BCUT2D eigenvalue weighted by molar-refractivity contribution is -0.119. The molecule has 0 aliphatic carbocycles. The molecule has 2 aliphatic rings. The van der Waals surface area contributed by atoms with Crippen molar-refractivity contribution in [2.45, 2.75) is 50.1 Å². The molecule has 0 unspecified atom stereocenters. The van der Waals surface area contributed by atoms with Gasteiger partial charge in [0.05, 0.1) is 24.7 Å². The minimum atomic E-state index is -3.21. The van der Waals surface area contributed by atoms with E-state index in [1.54, 1.807) is 51.0 Å². The number of benzene rings is 2. The van der Waals surface area contributed by atoms with Gasteiger partial charge in [-0.15, -0.1) is 0 Å². The van der Waals surface area contributed by atoms with Gasteiger partial charge in [0.2, 0.25) is 0 Å². The molecular formula is C26H31N3O6S2. The van der Waals surface area contributed by atoms with Crippen molar-refractivity contribution in [2.75, 3.05) is 23.5 Å². The summed E-state index contributed by atoms with van der Waals surface area (Å²) in [5.41, 5.74) is 0.801. The minimum Gasteiger partial charge on any atom is -0.497 e. The fourth-order valence-corrected chi connectivity index (χ4v) is 8.22. The number of thioether (sulfide) groups is 1. The summed E-state index contributed by atoms with van der Waals surface area (Å²) in [6.07, 6.45) is -0.491. The highest BCUT2D eigenvalue weighted by atomic mass is 32.2. The predicted octanol–water partition coefficient (Wildman–Crippen LogP) is 3.43. The lowest BCUT2D eigenvalue weighted by atomic mass is 10.1. The largest absolute Gasteiger partial charge is 0.497 e. The fourth-order valence-electron chi connectivity index (χ4n) is 4.30. The Morgan fingerprint density at radius 2 is 1.86 bits per heavy atom. The normalized spacial score (nSPS) is 22.4. The number of amidine groups is 1. The van der Waals surface area contributed by atoms with E-state index in [1.807, 2.05) is 36.4 Å². The zero-order valence-electron chi connectivity index (χ0n) is 21.2. The summed E-state index contributed by atoms with van der Waals surface area (Å²) < 4.78 is 35.5. The van der Waals surface area contributed by atoms with E-state index >= 15 is 0 Å². The molecule has 0 radical (unpaired) electrons. The van der Waals surface area contributed by atoms with Crippen LogP contribution in [0.5, 0.6) is 5.75 Å². The first-order chi connectivity index (χ1) is 17.4. The van der Waals surface area contributed by atoms with Gasteiger partial charge in [0, 0.05) is 23.4 Å². The number of anilines is 1. The Labute approximate surface area is 221 Å². The molecule has 2 aromatic rings. The number of amides is 2. The predicted molar refractivity (Wildman–Crippen MR) is 145 cm³/mol. The summed E-state index contributed by atoms with van der Waals surface area (Å²) in [4.78, 5) is 32.3. The van der Waals surface area contributed by atoms with E-state index in [9.17, 15) is 18.0 Å². The molecule has 4 rings (SSSR count). The number of carbonyl (C=O) groups excluding carboxylic acids is 2. The Balaban J connectivity index is 1.66. The monoisotopic (exact) mass is 545 g/mol. The summed E-state index contributed by atoms with van der Waals surface area (Å²) in [7, 11) is -1.66. The number of rotatable bonds is 6. The molecule has 3 atom stereocenters. The second kappa shape index (κ2) is 10.7. The summed E-state index contributed by atoms with van der Waals surface area (Å²) in [6.45, 7) is 5.23. The molecule has 0 saturated carbocycles. The van der Waals surface area contributed by atoms with Gasteiger partial charge >= 0.3 is 6.09 Å². The van der Waals surface area contributed by atoms with Crippen molar-refractivity contribution in [3.63, 3.8) is 0 Å². The van der Waals surface area contributed by atoms with Crippen LogP contribution < -0.4 is 15.0 Å². The van der Waals surface area contributed by atoms with E-state index < -0.39 is 33.5 Å². The van der Waals surface area contributed by atoms with Crippen molar-refractivity contribution < 1.29 is 27.5 Å².